The van der Waals surface area contributed by atoms with Crippen LogP contribution in [0.1, 0.15) is 39.5 Å². The number of carbonyl (C=O) groups is 1. The first kappa shape index (κ1) is 23.9. The summed E-state index contributed by atoms with van der Waals surface area (Å²) in [7, 11) is 1.69. The van der Waals surface area contributed by atoms with Gasteiger partial charge in [-0.3, -0.25) is 4.79 Å². The molecule has 2 rings (SSSR count). The van der Waals surface area contributed by atoms with Crippen LogP contribution in [0.5, 0.6) is 0 Å². The number of halogens is 2. The van der Waals surface area contributed by atoms with Crippen LogP contribution in [0.25, 0.3) is 0 Å². The molecule has 0 radical (unpaired) electrons. The predicted molar refractivity (Wildman–Crippen MR) is 103 cm³/mol. The Bertz CT molecular complexity index is 358. The maximum Gasteiger partial charge on any atom is 0.228 e. The topological polar surface area (TPSA) is 53.6 Å². The molecule has 0 aromatic heterocycles. The molecule has 1 unspecified atom stereocenters. The molecule has 24 heavy (non-hydrogen) atoms. The normalized spacial score (nSPS) is 23.9. The second-order valence-corrected chi connectivity index (χ2v) is 7.27. The van der Waals surface area contributed by atoms with Crippen molar-refractivity contribution in [3.8, 4) is 0 Å². The van der Waals surface area contributed by atoms with Crippen molar-refractivity contribution in [1.82, 2.24) is 15.5 Å². The molecule has 144 valence electrons. The zero-order valence-corrected chi connectivity index (χ0v) is 16.9. The van der Waals surface area contributed by atoms with Crippen molar-refractivity contribution >= 4 is 30.7 Å². The van der Waals surface area contributed by atoms with Gasteiger partial charge < -0.3 is 20.3 Å². The quantitative estimate of drug-likeness (QED) is 0.736. The molecule has 5 nitrogen and oxygen atoms in total. The van der Waals surface area contributed by atoms with Gasteiger partial charge in [0.15, 0.2) is 0 Å². The van der Waals surface area contributed by atoms with Gasteiger partial charge in [-0.15, -0.1) is 24.8 Å². The Labute approximate surface area is 159 Å². The largest absolute Gasteiger partial charge is 0.384 e. The fourth-order valence-electron chi connectivity index (χ4n) is 3.78. The van der Waals surface area contributed by atoms with Gasteiger partial charge in [0, 0.05) is 26.2 Å². The molecule has 0 aliphatic carbocycles. The van der Waals surface area contributed by atoms with E-state index in [4.69, 9.17) is 4.74 Å². The molecule has 2 fully saturated rings. The van der Waals surface area contributed by atoms with E-state index in [0.29, 0.717) is 18.6 Å². The lowest BCUT2D eigenvalue weighted by molar-refractivity contribution is -0.136. The Morgan fingerprint density at radius 1 is 1.33 bits per heavy atom. The maximum atomic E-state index is 12.7. The Kier molecular flexibility index (Phi) is 11.5. The summed E-state index contributed by atoms with van der Waals surface area (Å²) in [6, 6.07) is 0.600. The van der Waals surface area contributed by atoms with Gasteiger partial charge in [0.2, 0.25) is 5.91 Å². The third-order valence-corrected chi connectivity index (χ3v) is 5.29. The number of nitrogens with zero attached hydrogens (tertiary/aromatic N) is 1. The minimum absolute atomic E-state index is 0. The van der Waals surface area contributed by atoms with Crippen molar-refractivity contribution in [2.45, 2.75) is 45.6 Å². The van der Waals surface area contributed by atoms with E-state index in [1.54, 1.807) is 7.11 Å². The highest BCUT2D eigenvalue weighted by Crippen LogP contribution is 2.29. The van der Waals surface area contributed by atoms with Crippen molar-refractivity contribution in [3.63, 3.8) is 0 Å². The summed E-state index contributed by atoms with van der Waals surface area (Å²) in [6.45, 7) is 9.96. The lowest BCUT2D eigenvalue weighted by Gasteiger charge is -2.38. The molecular weight excluding hydrogens is 349 g/mol. The van der Waals surface area contributed by atoms with Gasteiger partial charge in [0.05, 0.1) is 12.0 Å². The highest BCUT2D eigenvalue weighted by molar-refractivity contribution is 5.85. The van der Waals surface area contributed by atoms with Gasteiger partial charge in [-0.25, -0.2) is 0 Å². The standard InChI is InChI=1S/C17H33N3O2.2ClH/c1-14(2)20-10-4-5-15(12-20)11-19-16(21)17(13-22-3)6-8-18-9-7-17;;/h14-15,18H,4-13H2,1-3H3,(H,19,21);2*1H. The number of likely N-dealkylation sites (tertiary alicyclic amines) is 1. The Morgan fingerprint density at radius 2 is 2.00 bits per heavy atom. The third-order valence-electron chi connectivity index (χ3n) is 5.29. The van der Waals surface area contributed by atoms with E-state index in [9.17, 15) is 4.79 Å². The first-order valence-electron chi connectivity index (χ1n) is 8.79. The molecule has 1 amide bonds. The number of ether oxygens (including phenoxy) is 1. The number of nitrogens with one attached hydrogen (secondary N) is 2. The first-order chi connectivity index (χ1) is 10.6. The van der Waals surface area contributed by atoms with Gasteiger partial charge in [0.25, 0.3) is 0 Å². The monoisotopic (exact) mass is 383 g/mol. The van der Waals surface area contributed by atoms with Gasteiger partial charge >= 0.3 is 0 Å². The van der Waals surface area contributed by atoms with Crippen LogP contribution in [-0.2, 0) is 9.53 Å². The van der Waals surface area contributed by atoms with Crippen LogP contribution in [0.3, 0.4) is 0 Å². The van der Waals surface area contributed by atoms with Crippen LogP contribution in [0.15, 0.2) is 0 Å². The summed E-state index contributed by atoms with van der Waals surface area (Å²) in [5.74, 6) is 0.777. The molecular formula is C17H35Cl2N3O2. The first-order valence-corrected chi connectivity index (χ1v) is 8.79. The molecule has 0 aromatic rings. The fraction of sp³-hybridized carbons (Fsp3) is 0.941. The van der Waals surface area contributed by atoms with E-state index in [-0.39, 0.29) is 36.1 Å². The molecule has 2 N–H and O–H groups in total. The minimum Gasteiger partial charge on any atom is -0.384 e. The molecule has 0 spiro atoms. The lowest BCUT2D eigenvalue weighted by Crippen LogP contribution is -2.52. The minimum atomic E-state index is -0.327. The molecule has 2 aliphatic rings. The highest BCUT2D eigenvalue weighted by Gasteiger charge is 2.39. The summed E-state index contributed by atoms with van der Waals surface area (Å²) >= 11 is 0. The number of rotatable bonds is 6. The molecule has 7 heteroatoms. The van der Waals surface area contributed by atoms with Crippen LogP contribution >= 0.6 is 24.8 Å². The number of methoxy groups -OCH3 is 1. The van der Waals surface area contributed by atoms with Crippen LogP contribution in [0.4, 0.5) is 0 Å². The molecule has 0 aromatic carbocycles. The van der Waals surface area contributed by atoms with E-state index < -0.39 is 0 Å². The van der Waals surface area contributed by atoms with Crippen molar-refractivity contribution in [2.24, 2.45) is 11.3 Å². The number of hydrogen-bond donors (Lipinski definition) is 2. The molecule has 0 bridgehead atoms. The molecule has 1 atom stereocenters. The zero-order valence-electron chi connectivity index (χ0n) is 15.3. The van der Waals surface area contributed by atoms with Crippen molar-refractivity contribution in [2.75, 3.05) is 46.4 Å². The second-order valence-electron chi connectivity index (χ2n) is 7.27. The highest BCUT2D eigenvalue weighted by atomic mass is 35.5. The van der Waals surface area contributed by atoms with Gasteiger partial charge in [0.1, 0.15) is 0 Å². The Balaban J connectivity index is 0.00000264. The number of carbonyl (C=O) groups excluding carboxylic acids is 1. The molecule has 0 saturated carbocycles. The predicted octanol–water partition coefficient (Wildman–Crippen LogP) is 2.08. The second kappa shape index (κ2) is 11.5. The summed E-state index contributed by atoms with van der Waals surface area (Å²) in [5, 5.41) is 6.57. The van der Waals surface area contributed by atoms with E-state index in [2.05, 4.69) is 29.4 Å². The maximum absolute atomic E-state index is 12.7. The average molecular weight is 384 g/mol. The molecule has 2 aliphatic heterocycles. The summed E-state index contributed by atoms with van der Waals surface area (Å²) in [4.78, 5) is 15.3. The third kappa shape index (κ3) is 6.34. The summed E-state index contributed by atoms with van der Waals surface area (Å²) < 4.78 is 5.35. The van der Waals surface area contributed by atoms with Crippen LogP contribution < -0.4 is 10.6 Å². The van der Waals surface area contributed by atoms with Crippen LogP contribution in [-0.4, -0.2) is 63.3 Å². The Hall–Kier alpha value is -0.0700. The number of hydrogen-bond acceptors (Lipinski definition) is 4. The average Bonchev–Trinajstić information content (AvgIpc) is 2.54. The smallest absolute Gasteiger partial charge is 0.228 e. The van der Waals surface area contributed by atoms with Gasteiger partial charge in [-0.05, 0) is 65.1 Å². The summed E-state index contributed by atoms with van der Waals surface area (Å²) in [6.07, 6.45) is 4.21. The van der Waals surface area contributed by atoms with Crippen LogP contribution in [0.2, 0.25) is 0 Å². The number of piperidine rings is 2. The zero-order chi connectivity index (χ0) is 16.0. The van der Waals surface area contributed by atoms with Gasteiger partial charge in [-0.1, -0.05) is 0 Å². The van der Waals surface area contributed by atoms with E-state index in [1.807, 2.05) is 0 Å². The van der Waals surface area contributed by atoms with E-state index in [1.165, 1.54) is 19.4 Å². The lowest BCUT2D eigenvalue weighted by atomic mass is 9.78. The Morgan fingerprint density at radius 3 is 2.58 bits per heavy atom. The van der Waals surface area contributed by atoms with Crippen molar-refractivity contribution in [1.29, 1.82) is 0 Å². The molecule has 2 heterocycles. The SMILES string of the molecule is COCC1(C(=O)NCC2CCCN(C(C)C)C2)CCNCC1.Cl.Cl. The van der Waals surface area contributed by atoms with Crippen LogP contribution in [0, 0.1) is 11.3 Å². The number of amides is 1. The van der Waals surface area contributed by atoms with E-state index in [0.717, 1.165) is 39.0 Å². The van der Waals surface area contributed by atoms with Crippen molar-refractivity contribution in [3.05, 3.63) is 0 Å². The summed E-state index contributed by atoms with van der Waals surface area (Å²) in [5.41, 5.74) is -0.327. The van der Waals surface area contributed by atoms with Crippen molar-refractivity contribution < 1.29 is 9.53 Å². The fourth-order valence-corrected chi connectivity index (χ4v) is 3.78. The van der Waals surface area contributed by atoms with E-state index >= 15 is 0 Å². The molecule has 2 saturated heterocycles. The van der Waals surface area contributed by atoms with Gasteiger partial charge in [-0.2, -0.15) is 0 Å².